The second kappa shape index (κ2) is 20.4. The first-order chi connectivity index (χ1) is 13.6. The van der Waals surface area contributed by atoms with Gasteiger partial charge >= 0.3 is 5.97 Å². The number of esters is 1. The zero-order chi connectivity index (χ0) is 20.9. The Labute approximate surface area is 173 Å². The van der Waals surface area contributed by atoms with Crippen molar-refractivity contribution in [3.8, 4) is 0 Å². The molecule has 0 bridgehead atoms. The van der Waals surface area contributed by atoms with E-state index in [-0.39, 0.29) is 12.5 Å². The number of nitrogens with zero attached hydrogens (tertiary/aromatic N) is 2. The number of aliphatic hydroxyl groups is 1. The van der Waals surface area contributed by atoms with Crippen LogP contribution in [0, 0.1) is 0 Å². The average Bonchev–Trinajstić information content (AvgIpc) is 2.65. The van der Waals surface area contributed by atoms with E-state index >= 15 is 0 Å². The summed E-state index contributed by atoms with van der Waals surface area (Å²) in [5, 5.41) is 13.8. The van der Waals surface area contributed by atoms with Gasteiger partial charge < -0.3 is 14.7 Å². The predicted octanol–water partition coefficient (Wildman–Crippen LogP) is 4.81. The third kappa shape index (κ3) is 19.5. The van der Waals surface area contributed by atoms with Crippen molar-refractivity contribution in [3.05, 3.63) is 0 Å². The average molecular weight is 400 g/mol. The molecule has 166 valence electrons. The van der Waals surface area contributed by atoms with Crippen LogP contribution in [0.15, 0.2) is 5.10 Å². The molecule has 0 aliphatic heterocycles. The number of hydrazone groups is 1. The zero-order valence-corrected chi connectivity index (χ0v) is 18.6. The molecule has 0 saturated heterocycles. The molecule has 0 radical (unpaired) electrons. The molecular formula is C22H45N3O3. The summed E-state index contributed by atoms with van der Waals surface area (Å²) in [5.41, 5.74) is 2.69. The summed E-state index contributed by atoms with van der Waals surface area (Å²) in [5.74, 6) is -0.288. The fraction of sp³-hybridized carbons (Fsp3) is 0.909. The molecule has 1 atom stereocenters. The third-order valence-corrected chi connectivity index (χ3v) is 4.74. The number of carbonyl (C=O) groups is 1. The number of hydrogen-bond acceptors (Lipinski definition) is 5. The number of aliphatic hydroxyl groups excluding tert-OH is 1. The van der Waals surface area contributed by atoms with E-state index in [0.29, 0.717) is 13.0 Å². The van der Waals surface area contributed by atoms with Crippen LogP contribution < -0.4 is 5.43 Å². The van der Waals surface area contributed by atoms with Gasteiger partial charge in [-0.1, -0.05) is 84.0 Å². The Morgan fingerprint density at radius 1 is 0.964 bits per heavy atom. The van der Waals surface area contributed by atoms with Crippen LogP contribution in [0.3, 0.4) is 0 Å². The van der Waals surface area contributed by atoms with Crippen molar-refractivity contribution in [1.29, 1.82) is 0 Å². The lowest BCUT2D eigenvalue weighted by Gasteiger charge is -2.13. The van der Waals surface area contributed by atoms with Crippen LogP contribution in [0.2, 0.25) is 0 Å². The van der Waals surface area contributed by atoms with E-state index < -0.39 is 6.23 Å². The fourth-order valence-corrected chi connectivity index (χ4v) is 3.09. The third-order valence-electron chi connectivity index (χ3n) is 4.74. The van der Waals surface area contributed by atoms with Gasteiger partial charge in [-0.25, -0.2) is 0 Å². The van der Waals surface area contributed by atoms with E-state index in [4.69, 9.17) is 4.74 Å². The summed E-state index contributed by atoms with van der Waals surface area (Å²) in [4.78, 5) is 12.9. The molecule has 0 aromatic carbocycles. The van der Waals surface area contributed by atoms with Crippen LogP contribution in [0.4, 0.5) is 0 Å². The van der Waals surface area contributed by atoms with Crippen molar-refractivity contribution < 1.29 is 14.6 Å². The summed E-state index contributed by atoms with van der Waals surface area (Å²) < 4.78 is 4.86. The summed E-state index contributed by atoms with van der Waals surface area (Å²) in [7, 11) is 1.74. The molecule has 1 unspecified atom stereocenters. The summed E-state index contributed by atoms with van der Waals surface area (Å²) in [6.07, 6.45) is 18.7. The SMILES string of the molecule is CCCCCCCCCCCCCCCC(O)NN=CN(C)CC(=O)OCC. The first-order valence-corrected chi connectivity index (χ1v) is 11.4. The normalized spacial score (nSPS) is 12.3. The van der Waals surface area contributed by atoms with Crippen molar-refractivity contribution in [2.24, 2.45) is 5.10 Å². The van der Waals surface area contributed by atoms with Gasteiger partial charge in [0.1, 0.15) is 19.1 Å². The number of unbranched alkanes of at least 4 members (excludes halogenated alkanes) is 12. The minimum atomic E-state index is -0.639. The molecule has 0 aromatic rings. The number of rotatable bonds is 20. The second-order valence-electron chi connectivity index (χ2n) is 7.64. The first-order valence-electron chi connectivity index (χ1n) is 11.4. The monoisotopic (exact) mass is 399 g/mol. The standard InChI is InChI=1S/C22H45N3O3/c1-4-6-7-8-9-10-11-12-13-14-15-16-17-18-21(26)24-23-20-25(3)19-22(27)28-5-2/h20-21,24,26H,4-19H2,1-3H3. The largest absolute Gasteiger partial charge is 0.465 e. The van der Waals surface area contributed by atoms with Gasteiger partial charge in [0.05, 0.1) is 6.61 Å². The highest BCUT2D eigenvalue weighted by Crippen LogP contribution is 2.13. The number of ether oxygens (including phenoxy) is 1. The lowest BCUT2D eigenvalue weighted by atomic mass is 10.0. The molecule has 0 rings (SSSR count). The van der Waals surface area contributed by atoms with E-state index in [0.717, 1.165) is 12.8 Å². The van der Waals surface area contributed by atoms with E-state index in [2.05, 4.69) is 17.5 Å². The van der Waals surface area contributed by atoms with Gasteiger partial charge in [0.15, 0.2) is 0 Å². The summed E-state index contributed by atoms with van der Waals surface area (Å²) in [6.45, 7) is 4.56. The number of nitrogens with one attached hydrogen (secondary N) is 1. The van der Waals surface area contributed by atoms with Gasteiger partial charge in [-0.3, -0.25) is 10.2 Å². The maximum atomic E-state index is 11.3. The van der Waals surface area contributed by atoms with Crippen molar-refractivity contribution in [3.63, 3.8) is 0 Å². The number of carbonyl (C=O) groups excluding carboxylic acids is 1. The van der Waals surface area contributed by atoms with Crippen LogP contribution in [0.5, 0.6) is 0 Å². The molecule has 0 aromatic heterocycles. The number of hydrogen-bond donors (Lipinski definition) is 2. The Kier molecular flexibility index (Phi) is 19.5. The van der Waals surface area contributed by atoms with Crippen molar-refractivity contribution in [2.75, 3.05) is 20.2 Å². The molecule has 0 amide bonds. The Balaban J connectivity index is 3.40. The van der Waals surface area contributed by atoms with Crippen LogP contribution >= 0.6 is 0 Å². The Hall–Kier alpha value is -1.30. The maximum Gasteiger partial charge on any atom is 0.325 e. The lowest BCUT2D eigenvalue weighted by Crippen LogP contribution is -2.29. The molecule has 0 spiro atoms. The molecule has 6 nitrogen and oxygen atoms in total. The van der Waals surface area contributed by atoms with Crippen molar-refractivity contribution in [1.82, 2.24) is 10.3 Å². The van der Waals surface area contributed by atoms with Crippen molar-refractivity contribution in [2.45, 2.75) is 110 Å². The minimum absolute atomic E-state index is 0.147. The molecule has 0 saturated carbocycles. The highest BCUT2D eigenvalue weighted by molar-refractivity contribution is 5.74. The van der Waals surface area contributed by atoms with Gasteiger partial charge in [-0.2, -0.15) is 5.10 Å². The quantitative estimate of drug-likeness (QED) is 0.0767. The molecule has 0 aliphatic rings. The molecule has 28 heavy (non-hydrogen) atoms. The van der Waals surface area contributed by atoms with Gasteiger partial charge in [0.2, 0.25) is 0 Å². The van der Waals surface area contributed by atoms with Gasteiger partial charge in [-0.05, 0) is 19.8 Å². The smallest absolute Gasteiger partial charge is 0.325 e. The predicted molar refractivity (Wildman–Crippen MR) is 117 cm³/mol. The van der Waals surface area contributed by atoms with Crippen molar-refractivity contribution >= 4 is 12.3 Å². The van der Waals surface area contributed by atoms with Crippen LogP contribution in [-0.4, -0.2) is 48.7 Å². The Bertz CT molecular complexity index is 378. The minimum Gasteiger partial charge on any atom is -0.465 e. The Morgan fingerprint density at radius 2 is 1.46 bits per heavy atom. The molecule has 0 aliphatic carbocycles. The maximum absolute atomic E-state index is 11.3. The van der Waals surface area contributed by atoms with Crippen LogP contribution in [-0.2, 0) is 9.53 Å². The lowest BCUT2D eigenvalue weighted by molar-refractivity contribution is -0.143. The van der Waals surface area contributed by atoms with Gasteiger partial charge in [0, 0.05) is 7.05 Å². The molecular weight excluding hydrogens is 354 g/mol. The van der Waals surface area contributed by atoms with E-state index in [1.165, 1.54) is 77.0 Å². The van der Waals surface area contributed by atoms with E-state index in [1.807, 2.05) is 0 Å². The van der Waals surface area contributed by atoms with E-state index in [1.54, 1.807) is 18.9 Å². The topological polar surface area (TPSA) is 74.2 Å². The molecule has 2 N–H and O–H groups in total. The van der Waals surface area contributed by atoms with Gasteiger partial charge in [0.25, 0.3) is 0 Å². The second-order valence-corrected chi connectivity index (χ2v) is 7.64. The highest BCUT2D eigenvalue weighted by Gasteiger charge is 2.04. The summed E-state index contributed by atoms with van der Waals surface area (Å²) >= 11 is 0. The highest BCUT2D eigenvalue weighted by atomic mass is 16.5. The molecule has 6 heteroatoms. The summed E-state index contributed by atoms with van der Waals surface area (Å²) in [6, 6.07) is 0. The Morgan fingerprint density at radius 3 is 1.96 bits per heavy atom. The number of likely N-dealkylation sites (N-methyl/N-ethyl adjacent to an activating group) is 1. The zero-order valence-electron chi connectivity index (χ0n) is 18.6. The van der Waals surface area contributed by atoms with Gasteiger partial charge in [-0.15, -0.1) is 0 Å². The molecule has 0 heterocycles. The van der Waals surface area contributed by atoms with Crippen LogP contribution in [0.1, 0.15) is 104 Å². The molecule has 0 fully saturated rings. The van der Waals surface area contributed by atoms with E-state index in [9.17, 15) is 9.90 Å². The van der Waals surface area contributed by atoms with Crippen LogP contribution in [0.25, 0.3) is 0 Å². The first kappa shape index (κ1) is 26.7. The fourth-order valence-electron chi connectivity index (χ4n) is 3.09.